The first-order valence-electron chi connectivity index (χ1n) is 6.75. The lowest BCUT2D eigenvalue weighted by Crippen LogP contribution is -2.37. The number of halogens is 1. The Hall–Kier alpha value is -1.47. The van der Waals surface area contributed by atoms with Gasteiger partial charge in [-0.25, -0.2) is 17.1 Å². The van der Waals surface area contributed by atoms with E-state index in [1.54, 1.807) is 6.92 Å². The van der Waals surface area contributed by atoms with Crippen molar-refractivity contribution in [3.8, 4) is 0 Å². The fourth-order valence-corrected chi connectivity index (χ4v) is 4.18. The van der Waals surface area contributed by atoms with Crippen LogP contribution >= 0.6 is 0 Å². The highest BCUT2D eigenvalue weighted by Crippen LogP contribution is 2.36. The van der Waals surface area contributed by atoms with Gasteiger partial charge in [0.15, 0.2) is 0 Å². The van der Waals surface area contributed by atoms with Crippen molar-refractivity contribution in [2.75, 3.05) is 13.1 Å². The number of carboxylic acids is 1. The van der Waals surface area contributed by atoms with Gasteiger partial charge in [0.25, 0.3) is 0 Å². The third kappa shape index (κ3) is 3.24. The van der Waals surface area contributed by atoms with Crippen molar-refractivity contribution in [2.24, 2.45) is 5.41 Å². The largest absolute Gasteiger partial charge is 0.481 e. The molecule has 0 bridgehead atoms. The van der Waals surface area contributed by atoms with Gasteiger partial charge in [-0.3, -0.25) is 4.79 Å². The van der Waals surface area contributed by atoms with E-state index in [9.17, 15) is 22.7 Å². The van der Waals surface area contributed by atoms with Crippen molar-refractivity contribution in [1.82, 2.24) is 4.31 Å². The fraction of sp³-hybridized carbons (Fsp3) is 0.500. The number of rotatable bonds is 5. The zero-order chi connectivity index (χ0) is 15.7. The van der Waals surface area contributed by atoms with Crippen LogP contribution in [0.4, 0.5) is 4.39 Å². The van der Waals surface area contributed by atoms with E-state index in [-0.39, 0.29) is 18.8 Å². The van der Waals surface area contributed by atoms with Crippen molar-refractivity contribution < 1.29 is 22.7 Å². The lowest BCUT2D eigenvalue weighted by atomic mass is 9.85. The molecule has 116 valence electrons. The summed E-state index contributed by atoms with van der Waals surface area (Å²) in [5.41, 5.74) is -0.503. The first-order valence-corrected chi connectivity index (χ1v) is 8.36. The Morgan fingerprint density at radius 1 is 1.38 bits per heavy atom. The highest BCUT2D eigenvalue weighted by Gasteiger charge is 2.46. The number of nitrogens with zero attached hydrogens (tertiary/aromatic N) is 1. The van der Waals surface area contributed by atoms with Gasteiger partial charge in [0, 0.05) is 13.1 Å². The average Bonchev–Trinajstić information content (AvgIpc) is 2.88. The third-order valence-electron chi connectivity index (χ3n) is 4.10. The van der Waals surface area contributed by atoms with Crippen molar-refractivity contribution in [3.63, 3.8) is 0 Å². The van der Waals surface area contributed by atoms with Crippen LogP contribution in [0.15, 0.2) is 24.3 Å². The monoisotopic (exact) mass is 315 g/mol. The van der Waals surface area contributed by atoms with Gasteiger partial charge in [0.1, 0.15) is 5.82 Å². The number of carboxylic acid groups (broad SMARTS) is 1. The second-order valence-electron chi connectivity index (χ2n) is 5.41. The molecule has 0 amide bonds. The molecule has 1 heterocycles. The maximum Gasteiger partial charge on any atom is 0.311 e. The zero-order valence-electron chi connectivity index (χ0n) is 11.8. The molecule has 1 aliphatic heterocycles. The van der Waals surface area contributed by atoms with Gasteiger partial charge in [-0.15, -0.1) is 0 Å². The van der Waals surface area contributed by atoms with Crippen molar-refractivity contribution in [1.29, 1.82) is 0 Å². The maximum atomic E-state index is 12.8. The van der Waals surface area contributed by atoms with Crippen LogP contribution in [0, 0.1) is 11.2 Å². The second kappa shape index (κ2) is 5.73. The highest BCUT2D eigenvalue weighted by atomic mass is 32.2. The van der Waals surface area contributed by atoms with Gasteiger partial charge in [0.2, 0.25) is 10.0 Å². The molecule has 1 saturated heterocycles. The van der Waals surface area contributed by atoms with Crippen LogP contribution in [-0.4, -0.2) is 36.9 Å². The van der Waals surface area contributed by atoms with Gasteiger partial charge in [-0.2, -0.15) is 0 Å². The summed E-state index contributed by atoms with van der Waals surface area (Å²) in [6.07, 6.45) is 0.715. The maximum absolute atomic E-state index is 12.8. The summed E-state index contributed by atoms with van der Waals surface area (Å²) < 4.78 is 38.8. The molecule has 1 aliphatic rings. The van der Waals surface area contributed by atoms with E-state index in [4.69, 9.17) is 0 Å². The molecule has 5 nitrogen and oxygen atoms in total. The highest BCUT2D eigenvalue weighted by molar-refractivity contribution is 7.88. The van der Waals surface area contributed by atoms with E-state index in [0.29, 0.717) is 18.4 Å². The number of aliphatic carboxylic acids is 1. The normalized spacial score (nSPS) is 23.3. The molecule has 0 radical (unpaired) electrons. The van der Waals surface area contributed by atoms with E-state index < -0.39 is 27.2 Å². The number of sulfonamides is 1. The van der Waals surface area contributed by atoms with Crippen LogP contribution in [0.5, 0.6) is 0 Å². The number of carbonyl (C=O) groups is 1. The zero-order valence-corrected chi connectivity index (χ0v) is 12.6. The number of benzene rings is 1. The van der Waals surface area contributed by atoms with Gasteiger partial charge >= 0.3 is 5.97 Å². The summed E-state index contributed by atoms with van der Waals surface area (Å²) in [6, 6.07) is 5.27. The molecule has 0 aromatic heterocycles. The molecular formula is C14H18FNO4S. The Balaban J connectivity index is 2.14. The summed E-state index contributed by atoms with van der Waals surface area (Å²) >= 11 is 0. The Bertz CT molecular complexity index is 629. The molecule has 1 fully saturated rings. The molecule has 0 saturated carbocycles. The van der Waals surface area contributed by atoms with E-state index in [1.807, 2.05) is 0 Å². The van der Waals surface area contributed by atoms with E-state index in [0.717, 1.165) is 0 Å². The van der Waals surface area contributed by atoms with Crippen molar-refractivity contribution in [3.05, 3.63) is 35.6 Å². The Labute approximate surface area is 123 Å². The van der Waals surface area contributed by atoms with E-state index in [2.05, 4.69) is 0 Å². The minimum Gasteiger partial charge on any atom is -0.481 e. The Morgan fingerprint density at radius 3 is 2.48 bits per heavy atom. The van der Waals surface area contributed by atoms with Crippen LogP contribution in [0.2, 0.25) is 0 Å². The molecule has 1 unspecified atom stereocenters. The number of hydrogen-bond donors (Lipinski definition) is 1. The second-order valence-corrected chi connectivity index (χ2v) is 7.37. The lowest BCUT2D eigenvalue weighted by molar-refractivity contribution is -0.148. The SMILES string of the molecule is CCC1(C(=O)O)CCN(S(=O)(=O)Cc2ccc(F)cc2)C1. The van der Waals surface area contributed by atoms with Crippen LogP contribution in [0.1, 0.15) is 25.3 Å². The standard InChI is InChI=1S/C14H18FNO4S/c1-2-14(13(17)18)7-8-16(10-14)21(19,20)9-11-3-5-12(15)6-4-11/h3-6H,2,7-10H2,1H3,(H,17,18). The molecule has 1 N–H and O–H groups in total. The first-order chi connectivity index (χ1) is 9.79. The third-order valence-corrected chi connectivity index (χ3v) is 5.90. The smallest absolute Gasteiger partial charge is 0.311 e. The quantitative estimate of drug-likeness (QED) is 0.899. The van der Waals surface area contributed by atoms with E-state index >= 15 is 0 Å². The van der Waals surface area contributed by atoms with Crippen LogP contribution in [0.3, 0.4) is 0 Å². The molecule has 2 rings (SSSR count). The molecular weight excluding hydrogens is 297 g/mol. The van der Waals surface area contributed by atoms with Gasteiger partial charge in [-0.05, 0) is 30.5 Å². The Kier molecular flexibility index (Phi) is 4.34. The first kappa shape index (κ1) is 15.9. The molecule has 1 aromatic rings. The predicted octanol–water partition coefficient (Wildman–Crippen LogP) is 1.84. The van der Waals surface area contributed by atoms with Crippen LogP contribution in [-0.2, 0) is 20.6 Å². The summed E-state index contributed by atoms with van der Waals surface area (Å²) in [7, 11) is -3.59. The molecule has 21 heavy (non-hydrogen) atoms. The summed E-state index contributed by atoms with van der Waals surface area (Å²) in [4.78, 5) is 11.4. The molecule has 0 aliphatic carbocycles. The van der Waals surface area contributed by atoms with E-state index in [1.165, 1.54) is 28.6 Å². The minimum absolute atomic E-state index is 0.00234. The molecule has 1 atom stereocenters. The predicted molar refractivity (Wildman–Crippen MR) is 75.6 cm³/mol. The van der Waals surface area contributed by atoms with Crippen LogP contribution in [0.25, 0.3) is 0 Å². The summed E-state index contributed by atoms with van der Waals surface area (Å²) in [5.74, 6) is -1.62. The minimum atomic E-state index is -3.59. The van der Waals surface area contributed by atoms with Crippen LogP contribution < -0.4 is 0 Å². The number of hydrogen-bond acceptors (Lipinski definition) is 3. The molecule has 7 heteroatoms. The lowest BCUT2D eigenvalue weighted by Gasteiger charge is -2.23. The summed E-state index contributed by atoms with van der Waals surface area (Å²) in [5, 5.41) is 9.30. The Morgan fingerprint density at radius 2 is 2.00 bits per heavy atom. The molecule has 0 spiro atoms. The van der Waals surface area contributed by atoms with Crippen molar-refractivity contribution in [2.45, 2.75) is 25.5 Å². The topological polar surface area (TPSA) is 74.7 Å². The molecule has 1 aromatic carbocycles. The van der Waals surface area contributed by atoms with Gasteiger partial charge in [0.05, 0.1) is 11.2 Å². The van der Waals surface area contributed by atoms with Gasteiger partial charge < -0.3 is 5.11 Å². The summed E-state index contributed by atoms with van der Waals surface area (Å²) in [6.45, 7) is 1.97. The van der Waals surface area contributed by atoms with Gasteiger partial charge in [-0.1, -0.05) is 19.1 Å². The van der Waals surface area contributed by atoms with Crippen molar-refractivity contribution >= 4 is 16.0 Å². The average molecular weight is 315 g/mol. The fourth-order valence-electron chi connectivity index (χ4n) is 2.57.